The van der Waals surface area contributed by atoms with Crippen LogP contribution in [0.1, 0.15) is 29.8 Å². The molecule has 0 radical (unpaired) electrons. The highest BCUT2D eigenvalue weighted by Gasteiger charge is 2.35. The van der Waals surface area contributed by atoms with E-state index in [-0.39, 0.29) is 5.78 Å². The van der Waals surface area contributed by atoms with Crippen LogP contribution in [-0.4, -0.2) is 45.5 Å². The summed E-state index contributed by atoms with van der Waals surface area (Å²) in [5, 5.41) is 8.14. The van der Waals surface area contributed by atoms with Gasteiger partial charge < -0.3 is 9.32 Å². The fraction of sp³-hybridized carbons (Fsp3) is 0.421. The number of rotatable bonds is 4. The summed E-state index contributed by atoms with van der Waals surface area (Å²) in [5.41, 5.74) is 2.27. The first-order chi connectivity index (χ1) is 12.3. The molecule has 5 heterocycles. The molecule has 6 nitrogen and oxygen atoms in total. The van der Waals surface area contributed by atoms with Crippen LogP contribution in [-0.2, 0) is 0 Å². The van der Waals surface area contributed by atoms with Crippen LogP contribution in [0.15, 0.2) is 35.1 Å². The van der Waals surface area contributed by atoms with E-state index in [0.717, 1.165) is 23.0 Å². The van der Waals surface area contributed by atoms with E-state index in [1.807, 2.05) is 18.2 Å². The molecule has 3 aromatic rings. The summed E-state index contributed by atoms with van der Waals surface area (Å²) in [7, 11) is 0. The van der Waals surface area contributed by atoms with Crippen molar-refractivity contribution in [3.63, 3.8) is 0 Å². The maximum Gasteiger partial charge on any atom is 0.225 e. The van der Waals surface area contributed by atoms with E-state index in [1.54, 1.807) is 12.5 Å². The molecule has 128 valence electrons. The number of benzene rings is 1. The third-order valence-electron chi connectivity index (χ3n) is 5.75. The van der Waals surface area contributed by atoms with Gasteiger partial charge in [-0.25, -0.2) is 4.98 Å². The van der Waals surface area contributed by atoms with Crippen LogP contribution in [0, 0.1) is 11.8 Å². The minimum absolute atomic E-state index is 0.134. The monoisotopic (exact) mass is 336 g/mol. The molecule has 0 unspecified atom stereocenters. The number of ketones is 1. The van der Waals surface area contributed by atoms with Crippen molar-refractivity contribution in [3.05, 3.63) is 36.4 Å². The molecule has 25 heavy (non-hydrogen) atoms. The third kappa shape index (κ3) is 2.57. The average molecular weight is 336 g/mol. The van der Waals surface area contributed by atoms with Crippen molar-refractivity contribution in [1.29, 1.82) is 0 Å². The van der Waals surface area contributed by atoms with E-state index in [2.05, 4.69) is 20.1 Å². The Hall–Kier alpha value is -2.47. The molecule has 2 aromatic heterocycles. The van der Waals surface area contributed by atoms with Gasteiger partial charge in [-0.05, 0) is 56.0 Å². The van der Waals surface area contributed by atoms with Gasteiger partial charge in [0.2, 0.25) is 5.89 Å². The Bertz CT molecular complexity index is 907. The van der Waals surface area contributed by atoms with Gasteiger partial charge in [0, 0.05) is 23.9 Å². The highest BCUT2D eigenvalue weighted by Crippen LogP contribution is 2.35. The molecule has 1 N–H and O–H groups in total. The quantitative estimate of drug-likeness (QED) is 0.741. The normalized spacial score (nSPS) is 25.5. The Labute approximate surface area is 145 Å². The predicted octanol–water partition coefficient (Wildman–Crippen LogP) is 3.13. The lowest BCUT2D eigenvalue weighted by Gasteiger charge is -2.44. The Morgan fingerprint density at radius 2 is 2.20 bits per heavy atom. The Balaban J connectivity index is 1.44. The van der Waals surface area contributed by atoms with Gasteiger partial charge in [0.15, 0.2) is 5.78 Å². The van der Waals surface area contributed by atoms with Crippen LogP contribution in [0.2, 0.25) is 0 Å². The molecule has 0 spiro atoms. The number of piperidine rings is 3. The van der Waals surface area contributed by atoms with E-state index >= 15 is 0 Å². The first-order valence-electron chi connectivity index (χ1n) is 8.91. The molecule has 3 fully saturated rings. The highest BCUT2D eigenvalue weighted by atomic mass is 16.3. The molecule has 0 saturated carbocycles. The van der Waals surface area contributed by atoms with Gasteiger partial charge in [-0.2, -0.15) is 5.10 Å². The summed E-state index contributed by atoms with van der Waals surface area (Å²) < 4.78 is 5.37. The summed E-state index contributed by atoms with van der Waals surface area (Å²) in [6.07, 6.45) is 6.22. The number of carbonyl (C=O) groups is 1. The summed E-state index contributed by atoms with van der Waals surface area (Å²) in [6.45, 7) is 3.45. The first kappa shape index (κ1) is 14.8. The molecule has 0 amide bonds. The Kier molecular flexibility index (Phi) is 3.45. The second kappa shape index (κ2) is 5.81. The van der Waals surface area contributed by atoms with E-state index in [4.69, 9.17) is 4.42 Å². The fourth-order valence-corrected chi connectivity index (χ4v) is 4.38. The van der Waals surface area contributed by atoms with Crippen molar-refractivity contribution in [3.8, 4) is 11.5 Å². The zero-order valence-corrected chi connectivity index (χ0v) is 13.9. The average Bonchev–Trinajstić information content (AvgIpc) is 3.32. The second-order valence-electron chi connectivity index (χ2n) is 7.20. The van der Waals surface area contributed by atoms with Gasteiger partial charge >= 0.3 is 0 Å². The number of nitrogens with zero attached hydrogens (tertiary/aromatic N) is 3. The van der Waals surface area contributed by atoms with Crippen LogP contribution >= 0.6 is 0 Å². The van der Waals surface area contributed by atoms with Gasteiger partial charge in [-0.3, -0.25) is 9.89 Å². The molecule has 6 rings (SSSR count). The van der Waals surface area contributed by atoms with Gasteiger partial charge in [0.05, 0.1) is 11.7 Å². The highest BCUT2D eigenvalue weighted by molar-refractivity contribution is 6.06. The summed E-state index contributed by atoms with van der Waals surface area (Å²) >= 11 is 0. The Morgan fingerprint density at radius 3 is 2.92 bits per heavy atom. The third-order valence-corrected chi connectivity index (χ3v) is 5.75. The summed E-state index contributed by atoms with van der Waals surface area (Å²) in [5.74, 6) is 1.85. The zero-order valence-electron chi connectivity index (χ0n) is 13.9. The minimum atomic E-state index is 0.134. The zero-order chi connectivity index (χ0) is 16.8. The van der Waals surface area contributed by atoms with Gasteiger partial charge in [0.25, 0.3) is 0 Å². The molecule has 1 aromatic carbocycles. The number of hydrogen-bond donors (Lipinski definition) is 1. The summed E-state index contributed by atoms with van der Waals surface area (Å²) in [6, 6.07) is 5.79. The van der Waals surface area contributed by atoms with Crippen LogP contribution in [0.3, 0.4) is 0 Å². The van der Waals surface area contributed by atoms with Crippen LogP contribution in [0.4, 0.5) is 0 Å². The molecule has 2 bridgehead atoms. The molecular formula is C19H20N4O2. The summed E-state index contributed by atoms with van der Waals surface area (Å²) in [4.78, 5) is 19.6. The smallest absolute Gasteiger partial charge is 0.225 e. The molecule has 3 aliphatic heterocycles. The largest absolute Gasteiger partial charge is 0.445 e. The fourth-order valence-electron chi connectivity index (χ4n) is 4.38. The SMILES string of the molecule is O=C(C[C@H]1CN2CCC1CC2)c1n[nH]c2ccc(-c3ncco3)cc12. The topological polar surface area (TPSA) is 75.0 Å². The lowest BCUT2D eigenvalue weighted by molar-refractivity contribution is 0.0440. The van der Waals surface area contributed by atoms with Crippen molar-refractivity contribution in [2.75, 3.05) is 19.6 Å². The maximum absolute atomic E-state index is 12.9. The van der Waals surface area contributed by atoms with E-state index in [0.29, 0.717) is 29.8 Å². The molecule has 1 atom stereocenters. The van der Waals surface area contributed by atoms with E-state index < -0.39 is 0 Å². The van der Waals surface area contributed by atoms with Crippen LogP contribution in [0.25, 0.3) is 22.4 Å². The number of aromatic amines is 1. The molecule has 3 aliphatic rings. The predicted molar refractivity (Wildman–Crippen MR) is 93.2 cm³/mol. The number of carbonyl (C=O) groups excluding carboxylic acids is 1. The number of oxazole rings is 1. The van der Waals surface area contributed by atoms with Crippen molar-refractivity contribution in [1.82, 2.24) is 20.1 Å². The van der Waals surface area contributed by atoms with E-state index in [1.165, 1.54) is 25.9 Å². The Morgan fingerprint density at radius 1 is 1.32 bits per heavy atom. The molecule has 3 saturated heterocycles. The maximum atomic E-state index is 12.9. The number of H-pyrrole nitrogens is 1. The molecule has 6 heteroatoms. The van der Waals surface area contributed by atoms with Crippen molar-refractivity contribution >= 4 is 16.7 Å². The second-order valence-corrected chi connectivity index (χ2v) is 7.20. The minimum Gasteiger partial charge on any atom is -0.445 e. The van der Waals surface area contributed by atoms with Gasteiger partial charge in [-0.15, -0.1) is 0 Å². The van der Waals surface area contributed by atoms with Crippen LogP contribution in [0.5, 0.6) is 0 Å². The van der Waals surface area contributed by atoms with E-state index in [9.17, 15) is 4.79 Å². The van der Waals surface area contributed by atoms with Crippen LogP contribution < -0.4 is 0 Å². The number of aromatic nitrogens is 3. The van der Waals surface area contributed by atoms with Crippen molar-refractivity contribution in [2.45, 2.75) is 19.3 Å². The first-order valence-corrected chi connectivity index (χ1v) is 8.91. The standard InChI is InChI=1S/C19H20N4O2/c24-17(10-14-11-23-6-3-12(14)4-7-23)18-15-9-13(19-20-5-8-25-19)1-2-16(15)21-22-18/h1-2,5,8-9,12,14H,3-4,6-7,10-11H2,(H,21,22)/t14-/m0/s1. The van der Waals surface area contributed by atoms with Gasteiger partial charge in [0.1, 0.15) is 12.0 Å². The number of hydrogen-bond acceptors (Lipinski definition) is 5. The van der Waals surface area contributed by atoms with Gasteiger partial charge in [-0.1, -0.05) is 0 Å². The molecule has 0 aliphatic carbocycles. The number of Topliss-reactive ketones (excluding diaryl/α,β-unsaturated/α-hetero) is 1. The van der Waals surface area contributed by atoms with Crippen molar-refractivity contribution in [2.24, 2.45) is 11.8 Å². The lowest BCUT2D eigenvalue weighted by atomic mass is 9.76. The lowest BCUT2D eigenvalue weighted by Crippen LogP contribution is -2.47. The number of fused-ring (bicyclic) bond motifs is 4. The van der Waals surface area contributed by atoms with Crippen molar-refractivity contribution < 1.29 is 9.21 Å². The molecular weight excluding hydrogens is 316 g/mol. The number of nitrogens with one attached hydrogen (secondary N) is 1.